The Kier molecular flexibility index (Phi) is 5.42. The van der Waals surface area contributed by atoms with Gasteiger partial charge in [0.1, 0.15) is 0 Å². The minimum Gasteiger partial charge on any atom is -0.504 e. The quantitative estimate of drug-likeness (QED) is 0.330. The van der Waals surface area contributed by atoms with Gasteiger partial charge in [0.2, 0.25) is 10.0 Å². The van der Waals surface area contributed by atoms with Crippen molar-refractivity contribution in [3.8, 4) is 11.5 Å². The summed E-state index contributed by atoms with van der Waals surface area (Å²) in [6.45, 7) is 1.74. The van der Waals surface area contributed by atoms with Crippen LogP contribution in [0, 0.1) is 5.92 Å². The third kappa shape index (κ3) is 3.37. The Morgan fingerprint density at radius 3 is 2.90 bits per heavy atom. The fourth-order valence-electron chi connectivity index (χ4n) is 5.52. The molecule has 0 spiro atoms. The minimum atomic E-state index is -3.40. The summed E-state index contributed by atoms with van der Waals surface area (Å²) in [4.78, 5) is 11.4. The average Bonchev–Trinajstić information content (AvgIpc) is 2.67. The molecule has 1 aromatic carbocycles. The predicted molar refractivity (Wildman–Crippen MR) is 111 cm³/mol. The molecule has 8 heteroatoms. The first-order valence-electron chi connectivity index (χ1n) is 10.1. The first kappa shape index (κ1) is 20.7. The zero-order valence-electron chi connectivity index (χ0n) is 16.4. The number of benzene rings is 1. The van der Waals surface area contributed by atoms with E-state index in [1.807, 2.05) is 6.07 Å². The molecule has 29 heavy (non-hydrogen) atoms. The van der Waals surface area contributed by atoms with E-state index in [-0.39, 0.29) is 34.6 Å². The Labute approximate surface area is 176 Å². The molecule has 6 nitrogen and oxygen atoms in total. The van der Waals surface area contributed by atoms with Crippen LogP contribution in [0.5, 0.6) is 11.5 Å². The van der Waals surface area contributed by atoms with Crippen molar-refractivity contribution in [1.29, 1.82) is 0 Å². The molecular weight excluding hydrogens is 414 g/mol. The van der Waals surface area contributed by atoms with E-state index in [4.69, 9.17) is 16.3 Å². The van der Waals surface area contributed by atoms with E-state index in [2.05, 4.69) is 12.2 Å². The fraction of sp³-hybridized carbons (Fsp3) is 0.571. The van der Waals surface area contributed by atoms with Crippen molar-refractivity contribution in [3.05, 3.63) is 35.4 Å². The van der Waals surface area contributed by atoms with Gasteiger partial charge in [0.25, 0.3) is 0 Å². The van der Waals surface area contributed by atoms with E-state index < -0.39 is 16.0 Å². The number of fused-ring (bicyclic) bond motifs is 1. The van der Waals surface area contributed by atoms with E-state index in [1.165, 1.54) is 6.92 Å². The highest BCUT2D eigenvalue weighted by Crippen LogP contribution is 2.58. The van der Waals surface area contributed by atoms with Gasteiger partial charge in [-0.1, -0.05) is 18.2 Å². The molecule has 2 bridgehead atoms. The minimum absolute atomic E-state index is 0.0123. The monoisotopic (exact) mass is 439 g/mol. The molecule has 3 aliphatic rings. The molecule has 3 unspecified atom stereocenters. The predicted octanol–water partition coefficient (Wildman–Crippen LogP) is 3.11. The largest absolute Gasteiger partial charge is 0.504 e. The molecule has 1 fully saturated rings. The number of hydrogen-bond acceptors (Lipinski definition) is 5. The van der Waals surface area contributed by atoms with Gasteiger partial charge in [-0.15, -0.1) is 11.6 Å². The summed E-state index contributed by atoms with van der Waals surface area (Å²) in [7, 11) is -3.40. The van der Waals surface area contributed by atoms with Crippen LogP contribution in [0.2, 0.25) is 0 Å². The maximum absolute atomic E-state index is 13.0. The van der Waals surface area contributed by atoms with Crippen molar-refractivity contribution < 1.29 is 23.1 Å². The number of alkyl halides is 1. The lowest BCUT2D eigenvalue weighted by molar-refractivity contribution is -0.132. The van der Waals surface area contributed by atoms with Gasteiger partial charge in [0.15, 0.2) is 11.5 Å². The van der Waals surface area contributed by atoms with Gasteiger partial charge in [0.05, 0.1) is 5.75 Å². The van der Waals surface area contributed by atoms with Crippen molar-refractivity contribution in [2.75, 3.05) is 18.2 Å². The lowest BCUT2D eigenvalue weighted by Gasteiger charge is -2.56. The molecule has 158 valence electrons. The van der Waals surface area contributed by atoms with Crippen LogP contribution in [-0.2, 0) is 26.7 Å². The summed E-state index contributed by atoms with van der Waals surface area (Å²) in [5, 5.41) is 11.0. The van der Waals surface area contributed by atoms with Crippen molar-refractivity contribution >= 4 is 27.6 Å². The number of aromatic hydroxyl groups is 1. The third-order valence-corrected chi connectivity index (χ3v) is 8.84. The number of rotatable bonds is 5. The molecule has 4 rings (SSSR count). The number of ether oxygens (including phenoxy) is 1. The molecule has 1 heterocycles. The molecule has 3 atom stereocenters. The van der Waals surface area contributed by atoms with Crippen LogP contribution in [0.3, 0.4) is 0 Å². The Bertz CT molecular complexity index is 960. The van der Waals surface area contributed by atoms with Crippen molar-refractivity contribution in [2.24, 2.45) is 5.92 Å². The number of sulfonamides is 1. The van der Waals surface area contributed by atoms with Gasteiger partial charge in [-0.2, -0.15) is 4.31 Å². The first-order chi connectivity index (χ1) is 13.8. The summed E-state index contributed by atoms with van der Waals surface area (Å²) in [5.74, 6) is 0.0820. The van der Waals surface area contributed by atoms with E-state index in [1.54, 1.807) is 10.4 Å². The second kappa shape index (κ2) is 7.60. The number of phenols is 1. The zero-order valence-corrected chi connectivity index (χ0v) is 18.0. The topological polar surface area (TPSA) is 83.9 Å². The average molecular weight is 440 g/mol. The van der Waals surface area contributed by atoms with Crippen molar-refractivity contribution in [1.82, 2.24) is 4.31 Å². The maximum atomic E-state index is 13.0. The second-order valence-electron chi connectivity index (χ2n) is 8.18. The normalized spacial score (nSPS) is 28.5. The highest BCUT2D eigenvalue weighted by atomic mass is 35.5. The van der Waals surface area contributed by atoms with Crippen molar-refractivity contribution in [3.63, 3.8) is 0 Å². The Balaban J connectivity index is 1.81. The number of carbonyl (C=O) groups excluding carboxylic acids is 1. The van der Waals surface area contributed by atoms with Gasteiger partial charge in [-0.05, 0) is 43.7 Å². The molecule has 1 N–H and O–H groups in total. The molecule has 0 radical (unpaired) electrons. The molecular formula is C21H26ClNO5S. The summed E-state index contributed by atoms with van der Waals surface area (Å²) >= 11 is 5.74. The van der Waals surface area contributed by atoms with Crippen LogP contribution in [0.1, 0.15) is 43.7 Å². The van der Waals surface area contributed by atoms with Gasteiger partial charge in [-0.3, -0.25) is 4.79 Å². The number of phenolic OH excluding ortho intramolecular Hbond substituents is 1. The molecule has 0 saturated carbocycles. The van der Waals surface area contributed by atoms with Crippen LogP contribution in [0.15, 0.2) is 24.3 Å². The van der Waals surface area contributed by atoms with Crippen molar-refractivity contribution in [2.45, 2.75) is 50.5 Å². The SMILES string of the molecule is CC(=O)Oc1ccc2c(c1O)C13CCC=CC1C(C2)N(S(=O)(=O)CCCCl)CC3. The molecule has 1 saturated heterocycles. The van der Waals surface area contributed by atoms with Gasteiger partial charge >= 0.3 is 5.97 Å². The fourth-order valence-corrected chi connectivity index (χ4v) is 7.55. The summed E-state index contributed by atoms with van der Waals surface area (Å²) in [6.07, 6.45) is 7.54. The van der Waals surface area contributed by atoms with Gasteiger partial charge in [-0.25, -0.2) is 8.42 Å². The van der Waals surface area contributed by atoms with Gasteiger partial charge < -0.3 is 9.84 Å². The molecule has 1 aromatic rings. The van der Waals surface area contributed by atoms with Gasteiger partial charge in [0, 0.05) is 42.3 Å². The van der Waals surface area contributed by atoms with Crippen LogP contribution in [-0.4, -0.2) is 48.0 Å². The Hall–Kier alpha value is -1.57. The smallest absolute Gasteiger partial charge is 0.308 e. The van der Waals surface area contributed by atoms with Crippen LogP contribution in [0.4, 0.5) is 0 Å². The lowest BCUT2D eigenvalue weighted by atomic mass is 9.54. The van der Waals surface area contributed by atoms with E-state index in [9.17, 15) is 18.3 Å². The number of nitrogens with zero attached hydrogens (tertiary/aromatic N) is 1. The lowest BCUT2D eigenvalue weighted by Crippen LogP contribution is -2.61. The first-order valence-corrected chi connectivity index (χ1v) is 12.2. The molecule has 1 aliphatic heterocycles. The highest BCUT2D eigenvalue weighted by molar-refractivity contribution is 7.89. The third-order valence-electron chi connectivity index (χ3n) is 6.60. The molecule has 2 aliphatic carbocycles. The highest BCUT2D eigenvalue weighted by Gasteiger charge is 2.56. The Morgan fingerprint density at radius 2 is 2.17 bits per heavy atom. The second-order valence-corrected chi connectivity index (χ2v) is 10.6. The maximum Gasteiger partial charge on any atom is 0.308 e. The zero-order chi connectivity index (χ0) is 20.8. The molecule has 0 aromatic heterocycles. The number of esters is 1. The number of piperidine rings is 1. The number of allylic oxidation sites excluding steroid dienone is 1. The molecule has 0 amide bonds. The number of halogens is 1. The number of hydrogen-bond donors (Lipinski definition) is 1. The Morgan fingerprint density at radius 1 is 1.38 bits per heavy atom. The van der Waals surface area contributed by atoms with Crippen LogP contribution in [0.25, 0.3) is 0 Å². The van der Waals surface area contributed by atoms with Crippen LogP contribution >= 0.6 is 11.6 Å². The summed E-state index contributed by atoms with van der Waals surface area (Å²) in [5.41, 5.74) is 1.43. The summed E-state index contributed by atoms with van der Waals surface area (Å²) < 4.78 is 32.9. The standard InChI is InChI=1S/C21H26ClNO5S/c1-14(24)28-18-7-6-15-13-17-16-5-2-3-8-21(16,19(15)20(18)25)9-11-23(17)29(26,27)12-4-10-22/h2,5-7,16-17,25H,3-4,8-13H2,1H3. The van der Waals surface area contributed by atoms with E-state index in [0.717, 1.165) is 24.0 Å². The van der Waals surface area contributed by atoms with Crippen LogP contribution < -0.4 is 4.74 Å². The summed E-state index contributed by atoms with van der Waals surface area (Å²) in [6, 6.07) is 3.30. The van der Waals surface area contributed by atoms with E-state index in [0.29, 0.717) is 31.7 Å². The van der Waals surface area contributed by atoms with E-state index >= 15 is 0 Å². The number of carbonyl (C=O) groups is 1.